The molecule has 1 aliphatic carbocycles. The van der Waals surface area contributed by atoms with E-state index in [2.05, 4.69) is 10.1 Å². The molecule has 1 fully saturated rings. The van der Waals surface area contributed by atoms with Crippen LogP contribution in [0.15, 0.2) is 0 Å². The molecule has 0 heterocycles. The smallest absolute Gasteiger partial charge is 0.406 e. The van der Waals surface area contributed by atoms with Crippen LogP contribution in [0, 0.1) is 5.92 Å². The molecular weight excluding hydrogens is 188 g/mol. The fourth-order valence-electron chi connectivity index (χ4n) is 1.40. The van der Waals surface area contributed by atoms with Crippen LogP contribution in [0.1, 0.15) is 12.8 Å². The van der Waals surface area contributed by atoms with Crippen LogP contribution in [0.2, 0.25) is 0 Å². The van der Waals surface area contributed by atoms with Crippen molar-refractivity contribution in [2.24, 2.45) is 11.7 Å². The highest BCUT2D eigenvalue weighted by Gasteiger charge is 2.31. The number of hydrogen-bond donors (Lipinski definition) is 2. The van der Waals surface area contributed by atoms with Gasteiger partial charge in [0.15, 0.2) is 0 Å². The van der Waals surface area contributed by atoms with Gasteiger partial charge in [0.2, 0.25) is 0 Å². The average molecular weight is 202 g/mol. The SMILES string of the molecule is COC(=O)NCC1CC(OC(N)=O)C1. The van der Waals surface area contributed by atoms with E-state index in [1.54, 1.807) is 0 Å². The third kappa shape index (κ3) is 3.12. The first-order valence-corrected chi connectivity index (χ1v) is 4.39. The number of nitrogens with one attached hydrogen (secondary N) is 1. The number of hydrogen-bond acceptors (Lipinski definition) is 4. The van der Waals surface area contributed by atoms with E-state index in [1.807, 2.05) is 0 Å². The lowest BCUT2D eigenvalue weighted by Crippen LogP contribution is -2.41. The van der Waals surface area contributed by atoms with Gasteiger partial charge < -0.3 is 20.5 Å². The van der Waals surface area contributed by atoms with Crippen LogP contribution in [0.4, 0.5) is 9.59 Å². The second kappa shape index (κ2) is 4.69. The van der Waals surface area contributed by atoms with Crippen LogP contribution >= 0.6 is 0 Å². The van der Waals surface area contributed by atoms with Crippen molar-refractivity contribution in [3.63, 3.8) is 0 Å². The van der Waals surface area contributed by atoms with Gasteiger partial charge in [0.05, 0.1) is 7.11 Å². The lowest BCUT2D eigenvalue weighted by Gasteiger charge is -2.33. The fraction of sp³-hybridized carbons (Fsp3) is 0.750. The minimum Gasteiger partial charge on any atom is -0.453 e. The van der Waals surface area contributed by atoms with Gasteiger partial charge >= 0.3 is 12.2 Å². The third-order valence-electron chi connectivity index (χ3n) is 2.20. The summed E-state index contributed by atoms with van der Waals surface area (Å²) in [6.45, 7) is 0.547. The van der Waals surface area contributed by atoms with Crippen molar-refractivity contribution in [2.75, 3.05) is 13.7 Å². The molecule has 0 atom stereocenters. The van der Waals surface area contributed by atoms with Crippen LogP contribution in [0.5, 0.6) is 0 Å². The Balaban J connectivity index is 2.04. The molecule has 6 nitrogen and oxygen atoms in total. The Morgan fingerprint density at radius 3 is 2.64 bits per heavy atom. The van der Waals surface area contributed by atoms with E-state index in [4.69, 9.17) is 10.5 Å². The van der Waals surface area contributed by atoms with Gasteiger partial charge in [-0.2, -0.15) is 0 Å². The first-order valence-electron chi connectivity index (χ1n) is 4.39. The number of rotatable bonds is 3. The van der Waals surface area contributed by atoms with Crippen molar-refractivity contribution in [3.8, 4) is 0 Å². The molecule has 3 N–H and O–H groups in total. The van der Waals surface area contributed by atoms with Gasteiger partial charge in [-0.25, -0.2) is 9.59 Å². The normalized spacial score (nSPS) is 24.6. The maximum absolute atomic E-state index is 10.7. The summed E-state index contributed by atoms with van der Waals surface area (Å²) < 4.78 is 9.15. The molecule has 1 saturated carbocycles. The van der Waals surface area contributed by atoms with Crippen LogP contribution in [0.25, 0.3) is 0 Å². The number of carbonyl (C=O) groups is 2. The molecule has 0 unspecified atom stereocenters. The van der Waals surface area contributed by atoms with Crippen molar-refractivity contribution in [1.82, 2.24) is 5.32 Å². The summed E-state index contributed by atoms with van der Waals surface area (Å²) in [6.07, 6.45) is 0.218. The Hall–Kier alpha value is -1.46. The standard InChI is InChI=1S/C8H14N2O4/c1-13-8(12)10-4-5-2-6(3-5)14-7(9)11/h5-6H,2-4H2,1H3,(H2,9,11)(H,10,12). The predicted molar refractivity (Wildman–Crippen MR) is 47.6 cm³/mol. The molecule has 0 radical (unpaired) electrons. The number of carbonyl (C=O) groups excluding carboxylic acids is 2. The first kappa shape index (κ1) is 10.6. The van der Waals surface area contributed by atoms with Crippen LogP contribution in [0.3, 0.4) is 0 Å². The zero-order valence-corrected chi connectivity index (χ0v) is 7.99. The highest BCUT2D eigenvalue weighted by molar-refractivity contribution is 5.66. The van der Waals surface area contributed by atoms with E-state index in [-0.39, 0.29) is 6.10 Å². The van der Waals surface area contributed by atoms with Crippen LogP contribution < -0.4 is 11.1 Å². The summed E-state index contributed by atoms with van der Waals surface area (Å²) in [7, 11) is 1.31. The Kier molecular flexibility index (Phi) is 3.55. The average Bonchev–Trinajstić information content (AvgIpc) is 2.07. The lowest BCUT2D eigenvalue weighted by molar-refractivity contribution is 0.0224. The van der Waals surface area contributed by atoms with Crippen LogP contribution in [-0.4, -0.2) is 31.9 Å². The second-order valence-corrected chi connectivity index (χ2v) is 3.27. The summed E-state index contributed by atoms with van der Waals surface area (Å²) in [4.78, 5) is 21.0. The quantitative estimate of drug-likeness (QED) is 0.684. The van der Waals surface area contributed by atoms with Gasteiger partial charge in [-0.3, -0.25) is 0 Å². The number of methoxy groups -OCH3 is 1. The maximum Gasteiger partial charge on any atom is 0.406 e. The summed E-state index contributed by atoms with van der Waals surface area (Å²) in [6, 6.07) is 0. The molecule has 14 heavy (non-hydrogen) atoms. The Morgan fingerprint density at radius 1 is 1.50 bits per heavy atom. The van der Waals surface area contributed by atoms with E-state index in [0.717, 1.165) is 12.8 Å². The molecule has 0 aromatic carbocycles. The molecule has 0 aromatic rings. The largest absolute Gasteiger partial charge is 0.453 e. The van der Waals surface area contributed by atoms with Gasteiger partial charge in [0.25, 0.3) is 0 Å². The molecule has 1 rings (SSSR count). The summed E-state index contributed by atoms with van der Waals surface area (Å²) in [5.74, 6) is 0.346. The van der Waals surface area contributed by atoms with Gasteiger partial charge in [0.1, 0.15) is 6.10 Å². The van der Waals surface area contributed by atoms with Crippen LogP contribution in [-0.2, 0) is 9.47 Å². The molecule has 2 amide bonds. The minimum atomic E-state index is -0.741. The van der Waals surface area contributed by atoms with Gasteiger partial charge in [-0.1, -0.05) is 0 Å². The highest BCUT2D eigenvalue weighted by atomic mass is 16.6. The number of ether oxygens (including phenoxy) is 2. The monoisotopic (exact) mass is 202 g/mol. The molecule has 0 spiro atoms. The van der Waals surface area contributed by atoms with Crippen molar-refractivity contribution in [3.05, 3.63) is 0 Å². The van der Waals surface area contributed by atoms with Gasteiger partial charge in [0, 0.05) is 6.54 Å². The first-order chi connectivity index (χ1) is 6.61. The van der Waals surface area contributed by atoms with E-state index >= 15 is 0 Å². The zero-order chi connectivity index (χ0) is 10.6. The molecular formula is C8H14N2O4. The number of primary amides is 1. The molecule has 1 aliphatic rings. The molecule has 0 aliphatic heterocycles. The van der Waals surface area contributed by atoms with Gasteiger partial charge in [-0.15, -0.1) is 0 Å². The van der Waals surface area contributed by atoms with Crippen molar-refractivity contribution in [1.29, 1.82) is 0 Å². The maximum atomic E-state index is 10.7. The predicted octanol–water partition coefficient (Wildman–Crippen LogP) is 0.216. The van der Waals surface area contributed by atoms with E-state index < -0.39 is 12.2 Å². The summed E-state index contributed by atoms with van der Waals surface area (Å²) in [5, 5.41) is 2.58. The van der Waals surface area contributed by atoms with E-state index in [1.165, 1.54) is 7.11 Å². The Bertz CT molecular complexity index is 225. The third-order valence-corrected chi connectivity index (χ3v) is 2.20. The topological polar surface area (TPSA) is 90.7 Å². The zero-order valence-electron chi connectivity index (χ0n) is 7.99. The van der Waals surface area contributed by atoms with Crippen molar-refractivity contribution >= 4 is 12.2 Å². The van der Waals surface area contributed by atoms with Crippen molar-refractivity contribution in [2.45, 2.75) is 18.9 Å². The summed E-state index contributed by atoms with van der Waals surface area (Å²) >= 11 is 0. The second-order valence-electron chi connectivity index (χ2n) is 3.27. The molecule has 0 bridgehead atoms. The Labute approximate surface area is 81.7 Å². The molecule has 80 valence electrons. The Morgan fingerprint density at radius 2 is 2.14 bits per heavy atom. The number of alkyl carbamates (subject to hydrolysis) is 1. The van der Waals surface area contributed by atoms with Crippen molar-refractivity contribution < 1.29 is 19.1 Å². The molecule has 6 heteroatoms. The van der Waals surface area contributed by atoms with E-state index in [0.29, 0.717) is 12.5 Å². The van der Waals surface area contributed by atoms with E-state index in [9.17, 15) is 9.59 Å². The van der Waals surface area contributed by atoms with Gasteiger partial charge in [-0.05, 0) is 18.8 Å². The summed E-state index contributed by atoms with van der Waals surface area (Å²) in [5.41, 5.74) is 4.84. The lowest BCUT2D eigenvalue weighted by atomic mass is 9.82. The highest BCUT2D eigenvalue weighted by Crippen LogP contribution is 2.29. The number of nitrogens with two attached hydrogens (primary N) is 1. The number of amides is 2. The minimum absolute atomic E-state index is 0.0862. The molecule has 0 saturated heterocycles. The fourth-order valence-corrected chi connectivity index (χ4v) is 1.40. The molecule has 0 aromatic heterocycles.